The minimum Gasteiger partial charge on any atom is -0.616 e. The van der Waals surface area contributed by atoms with Gasteiger partial charge in [-0.3, -0.25) is 0 Å². The Morgan fingerprint density at radius 2 is 1.78 bits per heavy atom. The molecule has 0 saturated carbocycles. The van der Waals surface area contributed by atoms with E-state index in [0.29, 0.717) is 16.0 Å². The van der Waals surface area contributed by atoms with Gasteiger partial charge in [-0.25, -0.2) is 4.79 Å². The summed E-state index contributed by atoms with van der Waals surface area (Å²) in [6.07, 6.45) is 0. The second-order valence-corrected chi connectivity index (χ2v) is 5.07. The number of methoxy groups -OCH3 is 1. The highest BCUT2D eigenvalue weighted by atomic mass is 16.6. The average Bonchev–Trinajstić information content (AvgIpc) is 2.59. The first-order valence-corrected chi connectivity index (χ1v) is 7.09. The molecule has 23 heavy (non-hydrogen) atoms. The maximum absolute atomic E-state index is 12.4. The maximum atomic E-state index is 12.4. The van der Waals surface area contributed by atoms with Crippen LogP contribution in [-0.4, -0.2) is 13.1 Å². The standard InChI is InChI=1S/C18H15NO4/c1-12-11-17(19(21)15-9-5-3-7-13(12)15)23-18(20)14-8-4-6-10-16(14)22-2/h3-11H,1-2H3. The molecule has 2 aromatic carbocycles. The summed E-state index contributed by atoms with van der Waals surface area (Å²) < 4.78 is 11.1. The Bertz CT molecular complexity index is 889. The van der Waals surface area contributed by atoms with Crippen LogP contribution in [0.5, 0.6) is 11.6 Å². The van der Waals surface area contributed by atoms with Gasteiger partial charge in [0.1, 0.15) is 11.3 Å². The van der Waals surface area contributed by atoms with Crippen molar-refractivity contribution in [2.75, 3.05) is 7.11 Å². The molecule has 0 atom stereocenters. The number of rotatable bonds is 3. The summed E-state index contributed by atoms with van der Waals surface area (Å²) in [5.41, 5.74) is 1.58. The smallest absolute Gasteiger partial charge is 0.388 e. The number of aromatic nitrogens is 1. The van der Waals surface area contributed by atoms with Gasteiger partial charge >= 0.3 is 11.8 Å². The van der Waals surface area contributed by atoms with E-state index in [1.54, 1.807) is 42.5 Å². The Labute approximate surface area is 133 Å². The second-order valence-electron chi connectivity index (χ2n) is 5.07. The van der Waals surface area contributed by atoms with Gasteiger partial charge in [0, 0.05) is 6.07 Å². The lowest BCUT2D eigenvalue weighted by atomic mass is 10.1. The maximum Gasteiger partial charge on any atom is 0.388 e. The van der Waals surface area contributed by atoms with Crippen LogP contribution < -0.4 is 14.2 Å². The zero-order valence-electron chi connectivity index (χ0n) is 12.8. The second kappa shape index (κ2) is 5.96. The Balaban J connectivity index is 2.02. The van der Waals surface area contributed by atoms with Crippen molar-refractivity contribution in [3.63, 3.8) is 0 Å². The third kappa shape index (κ3) is 2.68. The molecule has 0 radical (unpaired) electrons. The number of nitrogens with zero attached hydrogens (tertiary/aromatic N) is 1. The Hall–Kier alpha value is -3.08. The zero-order valence-corrected chi connectivity index (χ0v) is 12.8. The highest BCUT2D eigenvalue weighted by Crippen LogP contribution is 2.22. The molecule has 0 saturated heterocycles. The number of esters is 1. The first kappa shape index (κ1) is 14.8. The van der Waals surface area contributed by atoms with E-state index in [0.717, 1.165) is 10.9 Å². The normalized spacial score (nSPS) is 10.5. The Morgan fingerprint density at radius 3 is 2.57 bits per heavy atom. The summed E-state index contributed by atoms with van der Waals surface area (Å²) in [7, 11) is 1.47. The molecule has 116 valence electrons. The molecule has 0 fully saturated rings. The van der Waals surface area contributed by atoms with Crippen LogP contribution in [0.3, 0.4) is 0 Å². The molecule has 0 amide bonds. The number of aryl methyl sites for hydroxylation is 1. The van der Waals surface area contributed by atoms with Crippen LogP contribution in [-0.2, 0) is 0 Å². The molecule has 0 aliphatic carbocycles. The Morgan fingerprint density at radius 1 is 1.09 bits per heavy atom. The van der Waals surface area contributed by atoms with Crippen LogP contribution in [0.15, 0.2) is 54.6 Å². The lowest BCUT2D eigenvalue weighted by molar-refractivity contribution is -0.582. The lowest BCUT2D eigenvalue weighted by Crippen LogP contribution is -2.32. The van der Waals surface area contributed by atoms with E-state index in [-0.39, 0.29) is 11.4 Å². The van der Waals surface area contributed by atoms with Gasteiger partial charge in [0.2, 0.25) is 5.52 Å². The summed E-state index contributed by atoms with van der Waals surface area (Å²) in [4.78, 5) is 12.3. The SMILES string of the molecule is COc1ccccc1C(=O)Oc1cc(C)c2ccccc2[n+]1[O-]. The van der Waals surface area contributed by atoms with Gasteiger partial charge < -0.3 is 14.7 Å². The molecule has 5 heteroatoms. The molecular weight excluding hydrogens is 294 g/mol. The monoisotopic (exact) mass is 309 g/mol. The zero-order chi connectivity index (χ0) is 16.4. The van der Waals surface area contributed by atoms with Gasteiger partial charge in [-0.05, 0) is 30.7 Å². The molecule has 0 unspecified atom stereocenters. The highest BCUT2D eigenvalue weighted by Gasteiger charge is 2.20. The number of pyridine rings is 1. The van der Waals surface area contributed by atoms with Crippen molar-refractivity contribution in [3.8, 4) is 11.6 Å². The summed E-state index contributed by atoms with van der Waals surface area (Å²) in [5.74, 6) is -0.300. The van der Waals surface area contributed by atoms with Gasteiger partial charge in [-0.15, -0.1) is 4.73 Å². The highest BCUT2D eigenvalue weighted by molar-refractivity contribution is 5.93. The average molecular weight is 309 g/mol. The van der Waals surface area contributed by atoms with Gasteiger partial charge in [0.15, 0.2) is 0 Å². The van der Waals surface area contributed by atoms with Crippen LogP contribution in [0.2, 0.25) is 0 Å². The van der Waals surface area contributed by atoms with E-state index >= 15 is 0 Å². The van der Waals surface area contributed by atoms with Crippen molar-refractivity contribution in [3.05, 3.63) is 70.9 Å². The third-order valence-electron chi connectivity index (χ3n) is 3.61. The van der Waals surface area contributed by atoms with E-state index in [1.165, 1.54) is 7.11 Å². The number of hydrogen-bond donors (Lipinski definition) is 0. The quantitative estimate of drug-likeness (QED) is 0.424. The molecule has 1 aromatic heterocycles. The summed E-state index contributed by atoms with van der Waals surface area (Å²) >= 11 is 0. The van der Waals surface area contributed by atoms with Gasteiger partial charge in [0.25, 0.3) is 0 Å². The molecule has 0 aliphatic rings. The van der Waals surface area contributed by atoms with E-state index < -0.39 is 5.97 Å². The molecule has 0 aliphatic heterocycles. The van der Waals surface area contributed by atoms with Crippen LogP contribution in [0.1, 0.15) is 15.9 Å². The number of ether oxygens (including phenoxy) is 2. The fourth-order valence-electron chi connectivity index (χ4n) is 2.46. The molecule has 0 N–H and O–H groups in total. The number of carbonyl (C=O) groups excluding carboxylic acids is 1. The number of fused-ring (bicyclic) bond motifs is 1. The first-order valence-electron chi connectivity index (χ1n) is 7.09. The third-order valence-corrected chi connectivity index (χ3v) is 3.61. The first-order chi connectivity index (χ1) is 11.1. The summed E-state index contributed by atoms with van der Waals surface area (Å²) in [5, 5.41) is 13.2. The number of hydrogen-bond acceptors (Lipinski definition) is 4. The van der Waals surface area contributed by atoms with E-state index in [9.17, 15) is 10.0 Å². The molecule has 3 rings (SSSR count). The van der Waals surface area contributed by atoms with Crippen molar-refractivity contribution in [2.45, 2.75) is 6.92 Å². The summed E-state index contributed by atoms with van der Waals surface area (Å²) in [6, 6.07) is 15.4. The van der Waals surface area contributed by atoms with Gasteiger partial charge in [0.05, 0.1) is 18.6 Å². The van der Waals surface area contributed by atoms with E-state index in [4.69, 9.17) is 9.47 Å². The number of benzene rings is 2. The molecule has 0 bridgehead atoms. The summed E-state index contributed by atoms with van der Waals surface area (Å²) in [6.45, 7) is 1.86. The van der Waals surface area contributed by atoms with Crippen LogP contribution >= 0.6 is 0 Å². The minimum absolute atomic E-state index is 0.0582. The minimum atomic E-state index is -0.637. The van der Waals surface area contributed by atoms with Crippen LogP contribution in [0, 0.1) is 12.1 Å². The fraction of sp³-hybridized carbons (Fsp3) is 0.111. The van der Waals surface area contributed by atoms with Crippen molar-refractivity contribution >= 4 is 16.9 Å². The van der Waals surface area contributed by atoms with Gasteiger partial charge in [-0.2, -0.15) is 0 Å². The van der Waals surface area contributed by atoms with Gasteiger partial charge in [-0.1, -0.05) is 24.3 Å². The fourth-order valence-corrected chi connectivity index (χ4v) is 2.46. The largest absolute Gasteiger partial charge is 0.616 e. The molecule has 5 nitrogen and oxygen atoms in total. The predicted molar refractivity (Wildman–Crippen MR) is 85.6 cm³/mol. The predicted octanol–water partition coefficient (Wildman–Crippen LogP) is 3.01. The molecular formula is C18H15NO4. The van der Waals surface area contributed by atoms with Crippen molar-refractivity contribution in [1.82, 2.24) is 0 Å². The number of para-hydroxylation sites is 2. The van der Waals surface area contributed by atoms with Crippen molar-refractivity contribution in [1.29, 1.82) is 0 Å². The van der Waals surface area contributed by atoms with Crippen LogP contribution in [0.4, 0.5) is 0 Å². The lowest BCUT2D eigenvalue weighted by Gasteiger charge is -2.10. The molecule has 0 spiro atoms. The van der Waals surface area contributed by atoms with E-state index in [1.807, 2.05) is 19.1 Å². The van der Waals surface area contributed by atoms with Crippen molar-refractivity contribution in [2.24, 2.45) is 0 Å². The van der Waals surface area contributed by atoms with Crippen LogP contribution in [0.25, 0.3) is 10.9 Å². The van der Waals surface area contributed by atoms with E-state index in [2.05, 4.69) is 0 Å². The Kier molecular flexibility index (Phi) is 3.85. The topological polar surface area (TPSA) is 62.5 Å². The van der Waals surface area contributed by atoms with Crippen molar-refractivity contribution < 1.29 is 19.0 Å². The number of carbonyl (C=O) groups is 1. The molecule has 1 heterocycles. The molecule has 3 aromatic rings.